The molecule has 0 aliphatic rings. The molecule has 152 valence electrons. The maximum absolute atomic E-state index is 11.2. The Balaban J connectivity index is 3.69. The van der Waals surface area contributed by atoms with E-state index in [1.165, 1.54) is 0 Å². The molecule has 28 heavy (non-hydrogen) atoms. The van der Waals surface area contributed by atoms with Gasteiger partial charge in [0.2, 0.25) is 5.78 Å². The van der Waals surface area contributed by atoms with Crippen LogP contribution in [0.4, 0.5) is 0 Å². The van der Waals surface area contributed by atoms with Crippen LogP contribution in [0.2, 0.25) is 0 Å². The monoisotopic (exact) mass is 384 g/mol. The predicted molar refractivity (Wildman–Crippen MR) is 115 cm³/mol. The first-order chi connectivity index (χ1) is 13.6. The van der Waals surface area contributed by atoms with Gasteiger partial charge in [-0.3, -0.25) is 9.59 Å². The first-order valence-corrected chi connectivity index (χ1v) is 9.73. The van der Waals surface area contributed by atoms with E-state index in [0.29, 0.717) is 6.42 Å². The van der Waals surface area contributed by atoms with Crippen LogP contribution in [0.5, 0.6) is 0 Å². The molecular formula is C24H32O4. The minimum Gasteiger partial charge on any atom is -0.387 e. The Hall–Kier alpha value is -2.75. The fraction of sp³-hybridized carbons (Fsp3) is 0.375. The molecule has 0 N–H and O–H groups in total. The lowest BCUT2D eigenvalue weighted by molar-refractivity contribution is -0.163. The summed E-state index contributed by atoms with van der Waals surface area (Å²) in [6.07, 6.45) is 30.3. The van der Waals surface area contributed by atoms with Crippen molar-refractivity contribution in [2.24, 2.45) is 0 Å². The standard InChI is InChI=1S/C24H32O4/c1-3-4-5-6-7-8-9-10-11-12-13-14-15-16-17-18-19-20-21-23(26)28-24(27)22(2)25/h4-5,7-8,10-11,13-14,16-17,19-20H,3,6,9,12,15,18,21H2,1-2H3. The van der Waals surface area contributed by atoms with Crippen LogP contribution in [0.25, 0.3) is 0 Å². The van der Waals surface area contributed by atoms with Gasteiger partial charge in [0.15, 0.2) is 0 Å². The zero-order valence-electron chi connectivity index (χ0n) is 17.0. The Morgan fingerprint density at radius 2 is 0.964 bits per heavy atom. The van der Waals surface area contributed by atoms with Crippen LogP contribution in [0.3, 0.4) is 0 Å². The number of hydrogen-bond donors (Lipinski definition) is 0. The number of carbonyl (C=O) groups excluding carboxylic acids is 3. The molecular weight excluding hydrogens is 352 g/mol. The molecule has 0 bridgehead atoms. The van der Waals surface area contributed by atoms with Crippen LogP contribution in [0, 0.1) is 0 Å². The molecule has 0 saturated heterocycles. The molecule has 0 radical (unpaired) electrons. The van der Waals surface area contributed by atoms with E-state index >= 15 is 0 Å². The third-order valence-corrected chi connectivity index (χ3v) is 3.38. The minimum atomic E-state index is -1.11. The van der Waals surface area contributed by atoms with Crippen molar-refractivity contribution >= 4 is 17.7 Å². The Bertz CT molecular complexity index is 631. The predicted octanol–water partition coefficient (Wildman–Crippen LogP) is 5.73. The summed E-state index contributed by atoms with van der Waals surface area (Å²) >= 11 is 0. The van der Waals surface area contributed by atoms with Crippen molar-refractivity contribution in [3.05, 3.63) is 72.9 Å². The first kappa shape index (κ1) is 25.2. The molecule has 0 aromatic heterocycles. The third-order valence-electron chi connectivity index (χ3n) is 3.38. The van der Waals surface area contributed by atoms with Crippen LogP contribution in [0.15, 0.2) is 72.9 Å². The molecule has 4 nitrogen and oxygen atoms in total. The molecule has 0 heterocycles. The van der Waals surface area contributed by atoms with E-state index in [9.17, 15) is 14.4 Å². The van der Waals surface area contributed by atoms with Gasteiger partial charge in [-0.15, -0.1) is 0 Å². The van der Waals surface area contributed by atoms with Crippen molar-refractivity contribution in [3.63, 3.8) is 0 Å². The number of allylic oxidation sites excluding steroid dienone is 11. The largest absolute Gasteiger partial charge is 0.387 e. The van der Waals surface area contributed by atoms with Gasteiger partial charge in [-0.2, -0.15) is 0 Å². The summed E-state index contributed by atoms with van der Waals surface area (Å²) < 4.78 is 4.33. The Morgan fingerprint density at radius 1 is 0.607 bits per heavy atom. The molecule has 0 unspecified atom stereocenters. The molecule has 0 aliphatic heterocycles. The number of ether oxygens (including phenoxy) is 1. The fourth-order valence-electron chi connectivity index (χ4n) is 1.92. The zero-order chi connectivity index (χ0) is 20.9. The normalized spacial score (nSPS) is 12.5. The SMILES string of the molecule is CCC=CCC=CCC=CCC=CCC=CCC=CCC(=O)OC(=O)C(C)=O. The van der Waals surface area contributed by atoms with Gasteiger partial charge in [-0.05, 0) is 38.5 Å². The Kier molecular flexibility index (Phi) is 17.2. The summed E-state index contributed by atoms with van der Waals surface area (Å²) in [5.74, 6) is -2.62. The number of rotatable bonds is 14. The molecule has 0 aliphatic carbocycles. The van der Waals surface area contributed by atoms with Crippen molar-refractivity contribution in [3.8, 4) is 0 Å². The van der Waals surface area contributed by atoms with Gasteiger partial charge in [-0.25, -0.2) is 4.79 Å². The fourth-order valence-corrected chi connectivity index (χ4v) is 1.92. The maximum Gasteiger partial charge on any atom is 0.381 e. The van der Waals surface area contributed by atoms with Crippen LogP contribution < -0.4 is 0 Å². The van der Waals surface area contributed by atoms with E-state index in [1.807, 2.05) is 12.2 Å². The van der Waals surface area contributed by atoms with Gasteiger partial charge in [0, 0.05) is 6.92 Å². The van der Waals surface area contributed by atoms with Crippen LogP contribution >= 0.6 is 0 Å². The topological polar surface area (TPSA) is 60.4 Å². The minimum absolute atomic E-state index is 0.0241. The highest BCUT2D eigenvalue weighted by Crippen LogP contribution is 1.97. The molecule has 0 aromatic rings. The Labute approximate surface area is 169 Å². The quantitative estimate of drug-likeness (QED) is 0.166. The third kappa shape index (κ3) is 18.1. The van der Waals surface area contributed by atoms with E-state index in [-0.39, 0.29) is 6.42 Å². The van der Waals surface area contributed by atoms with E-state index in [2.05, 4.69) is 66.3 Å². The summed E-state index contributed by atoms with van der Waals surface area (Å²) in [5.41, 5.74) is 0. The summed E-state index contributed by atoms with van der Waals surface area (Å²) in [4.78, 5) is 32.8. The van der Waals surface area contributed by atoms with Crippen molar-refractivity contribution in [2.45, 2.75) is 58.8 Å². The first-order valence-electron chi connectivity index (χ1n) is 9.73. The Morgan fingerprint density at radius 3 is 1.32 bits per heavy atom. The number of ketones is 1. The van der Waals surface area contributed by atoms with Gasteiger partial charge < -0.3 is 4.74 Å². The second-order valence-electron chi connectivity index (χ2n) is 5.94. The second-order valence-corrected chi connectivity index (χ2v) is 5.94. The second kappa shape index (κ2) is 19.0. The molecule has 0 spiro atoms. The van der Waals surface area contributed by atoms with E-state index < -0.39 is 17.7 Å². The molecule has 4 heteroatoms. The van der Waals surface area contributed by atoms with Gasteiger partial charge in [-0.1, -0.05) is 79.8 Å². The van der Waals surface area contributed by atoms with Gasteiger partial charge in [0.25, 0.3) is 0 Å². The average Bonchev–Trinajstić information content (AvgIpc) is 2.66. The lowest BCUT2D eigenvalue weighted by Gasteiger charge is -1.96. The van der Waals surface area contributed by atoms with E-state index in [1.54, 1.807) is 6.08 Å². The van der Waals surface area contributed by atoms with Crippen molar-refractivity contribution < 1.29 is 19.1 Å². The molecule has 0 saturated carbocycles. The van der Waals surface area contributed by atoms with E-state index in [0.717, 1.165) is 39.0 Å². The van der Waals surface area contributed by atoms with Gasteiger partial charge in [0.1, 0.15) is 0 Å². The van der Waals surface area contributed by atoms with Crippen LogP contribution in [-0.2, 0) is 19.1 Å². The summed E-state index contributed by atoms with van der Waals surface area (Å²) in [6, 6.07) is 0. The van der Waals surface area contributed by atoms with Crippen molar-refractivity contribution in [1.29, 1.82) is 0 Å². The summed E-state index contributed by atoms with van der Waals surface area (Å²) in [5, 5.41) is 0. The summed E-state index contributed by atoms with van der Waals surface area (Å²) in [7, 11) is 0. The van der Waals surface area contributed by atoms with Crippen LogP contribution in [0.1, 0.15) is 58.8 Å². The van der Waals surface area contributed by atoms with E-state index in [4.69, 9.17) is 0 Å². The van der Waals surface area contributed by atoms with Crippen LogP contribution in [-0.4, -0.2) is 17.7 Å². The van der Waals surface area contributed by atoms with Gasteiger partial charge in [0.05, 0.1) is 6.42 Å². The molecule has 0 fully saturated rings. The highest BCUT2D eigenvalue weighted by atomic mass is 16.6. The number of esters is 2. The maximum atomic E-state index is 11.2. The molecule has 0 amide bonds. The lowest BCUT2D eigenvalue weighted by Crippen LogP contribution is -2.18. The van der Waals surface area contributed by atoms with Crippen molar-refractivity contribution in [2.75, 3.05) is 0 Å². The van der Waals surface area contributed by atoms with Gasteiger partial charge >= 0.3 is 11.9 Å². The smallest absolute Gasteiger partial charge is 0.381 e. The summed E-state index contributed by atoms with van der Waals surface area (Å²) in [6.45, 7) is 3.20. The molecule has 0 aromatic carbocycles. The molecule has 0 atom stereocenters. The highest BCUT2D eigenvalue weighted by molar-refractivity contribution is 6.34. The number of carbonyl (C=O) groups is 3. The van der Waals surface area contributed by atoms with Crippen molar-refractivity contribution in [1.82, 2.24) is 0 Å². The highest BCUT2D eigenvalue weighted by Gasteiger charge is 2.13. The molecule has 0 rings (SSSR count). The average molecular weight is 385 g/mol. The zero-order valence-corrected chi connectivity index (χ0v) is 17.0. The lowest BCUT2D eigenvalue weighted by atomic mass is 10.2. The number of hydrogen-bond acceptors (Lipinski definition) is 4. The number of Topliss-reactive ketones (excluding diaryl/α,β-unsaturated/α-hetero) is 1.